The van der Waals surface area contributed by atoms with E-state index < -0.39 is 58.4 Å². The Balaban J connectivity index is 1.92. The molecular weight excluding hydrogens is 350 g/mol. The van der Waals surface area contributed by atoms with Crippen molar-refractivity contribution < 1.29 is 29.7 Å². The molecule has 0 aliphatic heterocycles. The molecule has 0 aromatic heterocycles. The normalized spacial score (nSPS) is 32.7. The highest BCUT2D eigenvalue weighted by atomic mass is 16.3. The number of aliphatic hydroxyl groups excluding tert-OH is 3. The second-order valence-corrected chi connectivity index (χ2v) is 7.42. The summed E-state index contributed by atoms with van der Waals surface area (Å²) in [6, 6.07) is 6.96. The fourth-order valence-electron chi connectivity index (χ4n) is 4.87. The quantitative estimate of drug-likeness (QED) is 0.550. The summed E-state index contributed by atoms with van der Waals surface area (Å²) in [6.45, 7) is 1.85. The number of primary amides is 1. The van der Waals surface area contributed by atoms with Crippen LogP contribution in [0.1, 0.15) is 35.2 Å². The highest BCUT2D eigenvalue weighted by Crippen LogP contribution is 2.52. The first kappa shape index (κ1) is 17.5. The van der Waals surface area contributed by atoms with Crippen LogP contribution >= 0.6 is 0 Å². The minimum Gasteiger partial charge on any atom is -0.511 e. The van der Waals surface area contributed by atoms with Crippen LogP contribution in [0.4, 0.5) is 0 Å². The molecule has 5 N–H and O–H groups in total. The SMILES string of the molecule is CC1c2ccccc2C(=O)C2=C(O)C3C(=O)C(C(N)=O)=C(O)CC3C(O)C21. The molecule has 0 heterocycles. The Kier molecular flexibility index (Phi) is 3.75. The van der Waals surface area contributed by atoms with Gasteiger partial charge in [-0.25, -0.2) is 0 Å². The van der Waals surface area contributed by atoms with Gasteiger partial charge in [-0.15, -0.1) is 0 Å². The molecule has 0 spiro atoms. The lowest BCUT2D eigenvalue weighted by atomic mass is 9.58. The Labute approximate surface area is 154 Å². The van der Waals surface area contributed by atoms with E-state index in [0.717, 1.165) is 5.56 Å². The molecule has 0 fully saturated rings. The summed E-state index contributed by atoms with van der Waals surface area (Å²) in [7, 11) is 0. The van der Waals surface area contributed by atoms with Crippen LogP contribution in [-0.4, -0.2) is 38.9 Å². The van der Waals surface area contributed by atoms with Crippen LogP contribution < -0.4 is 5.73 Å². The number of allylic oxidation sites excluding steroid dienone is 2. The van der Waals surface area contributed by atoms with Crippen molar-refractivity contribution in [2.24, 2.45) is 23.5 Å². The maximum absolute atomic E-state index is 13.0. The number of amides is 1. The summed E-state index contributed by atoms with van der Waals surface area (Å²) < 4.78 is 0. The average molecular weight is 369 g/mol. The first-order chi connectivity index (χ1) is 12.8. The molecule has 0 saturated heterocycles. The minimum absolute atomic E-state index is 0.00788. The van der Waals surface area contributed by atoms with E-state index in [4.69, 9.17) is 5.73 Å². The van der Waals surface area contributed by atoms with E-state index in [1.807, 2.05) is 6.92 Å². The van der Waals surface area contributed by atoms with Gasteiger partial charge < -0.3 is 21.1 Å². The zero-order chi connectivity index (χ0) is 19.6. The fourth-order valence-corrected chi connectivity index (χ4v) is 4.87. The number of carbonyl (C=O) groups excluding carboxylic acids is 3. The molecule has 1 aromatic carbocycles. The molecule has 3 aliphatic rings. The Morgan fingerprint density at radius 1 is 1.19 bits per heavy atom. The zero-order valence-corrected chi connectivity index (χ0v) is 14.5. The highest BCUT2D eigenvalue weighted by Gasteiger charge is 2.55. The van der Waals surface area contributed by atoms with Gasteiger partial charge in [0, 0.05) is 29.4 Å². The lowest BCUT2D eigenvalue weighted by molar-refractivity contribution is -0.128. The average Bonchev–Trinajstić information content (AvgIpc) is 2.62. The molecule has 3 aliphatic carbocycles. The number of benzene rings is 1. The van der Waals surface area contributed by atoms with Crippen molar-refractivity contribution in [1.82, 2.24) is 0 Å². The molecule has 0 radical (unpaired) electrons. The molecule has 5 unspecified atom stereocenters. The molecule has 140 valence electrons. The van der Waals surface area contributed by atoms with Crippen LogP contribution in [0.3, 0.4) is 0 Å². The van der Waals surface area contributed by atoms with Gasteiger partial charge in [0.05, 0.1) is 12.0 Å². The number of hydrogen-bond donors (Lipinski definition) is 4. The second kappa shape index (κ2) is 5.79. The van der Waals surface area contributed by atoms with Crippen LogP contribution in [0, 0.1) is 17.8 Å². The van der Waals surface area contributed by atoms with Crippen molar-refractivity contribution in [3.05, 3.63) is 58.1 Å². The summed E-state index contributed by atoms with van der Waals surface area (Å²) in [4.78, 5) is 37.3. The molecular formula is C20H19NO6. The van der Waals surface area contributed by atoms with Crippen LogP contribution in [-0.2, 0) is 9.59 Å². The van der Waals surface area contributed by atoms with Gasteiger partial charge in [-0.05, 0) is 11.5 Å². The van der Waals surface area contributed by atoms with Crippen molar-refractivity contribution in [3.63, 3.8) is 0 Å². The van der Waals surface area contributed by atoms with Crippen molar-refractivity contribution in [3.8, 4) is 0 Å². The van der Waals surface area contributed by atoms with E-state index in [9.17, 15) is 29.7 Å². The van der Waals surface area contributed by atoms with E-state index in [1.54, 1.807) is 24.3 Å². The first-order valence-electron chi connectivity index (χ1n) is 8.76. The monoisotopic (exact) mass is 369 g/mol. The van der Waals surface area contributed by atoms with Gasteiger partial charge in [-0.2, -0.15) is 0 Å². The van der Waals surface area contributed by atoms with Gasteiger partial charge >= 0.3 is 0 Å². The summed E-state index contributed by atoms with van der Waals surface area (Å²) in [5, 5.41) is 32.0. The number of hydrogen-bond acceptors (Lipinski definition) is 6. The maximum atomic E-state index is 13.0. The van der Waals surface area contributed by atoms with Gasteiger partial charge in [0.25, 0.3) is 5.91 Å². The third kappa shape index (κ3) is 2.21. The Morgan fingerprint density at radius 3 is 2.52 bits per heavy atom. The molecule has 0 bridgehead atoms. The van der Waals surface area contributed by atoms with Gasteiger partial charge in [0.1, 0.15) is 17.1 Å². The number of nitrogens with two attached hydrogens (primary N) is 1. The third-order valence-corrected chi connectivity index (χ3v) is 6.11. The summed E-state index contributed by atoms with van der Waals surface area (Å²) in [5.41, 5.74) is 5.81. The van der Waals surface area contributed by atoms with Crippen molar-refractivity contribution in [2.75, 3.05) is 0 Å². The zero-order valence-electron chi connectivity index (χ0n) is 14.5. The Hall–Kier alpha value is -2.93. The summed E-state index contributed by atoms with van der Waals surface area (Å²) >= 11 is 0. The standard InChI is InChI=1S/C20H19NO6/c1-7-8-4-2-3-5-9(8)16(23)15-12(7)17(24)10-6-11(22)14(20(21)27)18(25)13(10)19(15)26/h2-5,7,10,12-13,17,22,24,26H,6H2,1H3,(H2,21,27). The Morgan fingerprint density at radius 2 is 1.85 bits per heavy atom. The van der Waals surface area contributed by atoms with Gasteiger partial charge in [0.15, 0.2) is 11.6 Å². The largest absolute Gasteiger partial charge is 0.511 e. The van der Waals surface area contributed by atoms with Crippen LogP contribution in [0.25, 0.3) is 0 Å². The highest BCUT2D eigenvalue weighted by molar-refractivity contribution is 6.22. The number of aliphatic hydroxyl groups is 3. The number of fused-ring (bicyclic) bond motifs is 3. The molecule has 0 saturated carbocycles. The lowest BCUT2D eigenvalue weighted by Gasteiger charge is -2.46. The predicted octanol–water partition coefficient (Wildman–Crippen LogP) is 1.29. The van der Waals surface area contributed by atoms with Gasteiger partial charge in [-0.1, -0.05) is 31.2 Å². The van der Waals surface area contributed by atoms with Crippen molar-refractivity contribution >= 4 is 17.5 Å². The third-order valence-electron chi connectivity index (χ3n) is 6.11. The van der Waals surface area contributed by atoms with E-state index in [-0.39, 0.29) is 17.9 Å². The fraction of sp³-hybridized carbons (Fsp3) is 0.350. The molecule has 4 rings (SSSR count). The number of carbonyl (C=O) groups is 3. The van der Waals surface area contributed by atoms with E-state index in [1.165, 1.54) is 0 Å². The smallest absolute Gasteiger partial charge is 0.255 e. The summed E-state index contributed by atoms with van der Waals surface area (Å²) in [6.07, 6.45) is -1.32. The van der Waals surface area contributed by atoms with Crippen LogP contribution in [0.2, 0.25) is 0 Å². The van der Waals surface area contributed by atoms with E-state index in [0.29, 0.717) is 5.56 Å². The maximum Gasteiger partial charge on any atom is 0.255 e. The molecule has 7 heteroatoms. The number of Topliss-reactive ketones (excluding diaryl/α,β-unsaturated/α-hetero) is 2. The topological polar surface area (TPSA) is 138 Å². The molecule has 1 amide bonds. The second-order valence-electron chi connectivity index (χ2n) is 7.42. The van der Waals surface area contributed by atoms with Crippen molar-refractivity contribution in [2.45, 2.75) is 25.4 Å². The molecule has 27 heavy (non-hydrogen) atoms. The Bertz CT molecular complexity index is 959. The molecule has 1 aromatic rings. The van der Waals surface area contributed by atoms with E-state index >= 15 is 0 Å². The van der Waals surface area contributed by atoms with Crippen LogP contribution in [0.15, 0.2) is 46.9 Å². The van der Waals surface area contributed by atoms with Gasteiger partial charge in [-0.3, -0.25) is 14.4 Å². The number of rotatable bonds is 1. The predicted molar refractivity (Wildman–Crippen MR) is 93.8 cm³/mol. The minimum atomic E-state index is -1.27. The van der Waals surface area contributed by atoms with E-state index in [2.05, 4.69) is 0 Å². The lowest BCUT2D eigenvalue weighted by Crippen LogP contribution is -2.51. The van der Waals surface area contributed by atoms with Crippen LogP contribution in [0.5, 0.6) is 0 Å². The number of ketones is 2. The molecule has 7 nitrogen and oxygen atoms in total. The van der Waals surface area contributed by atoms with Crippen molar-refractivity contribution in [1.29, 1.82) is 0 Å². The van der Waals surface area contributed by atoms with Gasteiger partial charge in [0.2, 0.25) is 0 Å². The first-order valence-corrected chi connectivity index (χ1v) is 8.76. The summed E-state index contributed by atoms with van der Waals surface area (Å²) in [5.74, 6) is -6.40. The molecule has 5 atom stereocenters.